The van der Waals surface area contributed by atoms with Crippen LogP contribution in [0, 0.1) is 0 Å². The Morgan fingerprint density at radius 2 is 1.00 bits per heavy atom. The lowest BCUT2D eigenvalue weighted by atomic mass is 10.1. The SMILES string of the molecule is CCCCCCCCCOC(=O)C(=O)N(CCCCCC)CCCCCC. The Morgan fingerprint density at radius 1 is 0.593 bits per heavy atom. The highest BCUT2D eigenvalue weighted by molar-refractivity contribution is 6.32. The Bertz CT molecular complexity index is 346. The summed E-state index contributed by atoms with van der Waals surface area (Å²) in [6.07, 6.45) is 17.1. The zero-order valence-corrected chi connectivity index (χ0v) is 18.4. The molecule has 0 fully saturated rings. The lowest BCUT2D eigenvalue weighted by molar-refractivity contribution is -0.160. The number of ether oxygens (including phenoxy) is 1. The molecule has 0 aliphatic heterocycles. The molecule has 0 bridgehead atoms. The number of esters is 1. The number of carbonyl (C=O) groups is 2. The molecule has 0 atom stereocenters. The van der Waals surface area contributed by atoms with Gasteiger partial charge >= 0.3 is 11.9 Å². The summed E-state index contributed by atoms with van der Waals surface area (Å²) >= 11 is 0. The molecule has 0 rings (SSSR count). The molecule has 0 N–H and O–H groups in total. The van der Waals surface area contributed by atoms with E-state index in [0.717, 1.165) is 38.5 Å². The molecule has 0 radical (unpaired) electrons. The number of hydrogen-bond acceptors (Lipinski definition) is 3. The van der Waals surface area contributed by atoms with Crippen molar-refractivity contribution in [2.75, 3.05) is 19.7 Å². The fourth-order valence-corrected chi connectivity index (χ4v) is 3.19. The topological polar surface area (TPSA) is 46.6 Å². The van der Waals surface area contributed by atoms with Crippen molar-refractivity contribution in [2.45, 2.75) is 117 Å². The molecule has 0 saturated carbocycles. The van der Waals surface area contributed by atoms with Crippen LogP contribution in [0.5, 0.6) is 0 Å². The zero-order chi connectivity index (χ0) is 20.2. The van der Waals surface area contributed by atoms with Gasteiger partial charge in [0.15, 0.2) is 0 Å². The third-order valence-electron chi connectivity index (χ3n) is 5.01. The van der Waals surface area contributed by atoms with E-state index in [1.54, 1.807) is 4.90 Å². The average Bonchev–Trinajstić information content (AvgIpc) is 2.68. The number of amides is 1. The number of hydrogen-bond donors (Lipinski definition) is 0. The molecule has 0 aliphatic rings. The maximum Gasteiger partial charge on any atom is 0.397 e. The van der Waals surface area contributed by atoms with Crippen molar-refractivity contribution < 1.29 is 14.3 Å². The normalized spacial score (nSPS) is 10.8. The predicted octanol–water partition coefficient (Wildman–Crippen LogP) is 6.27. The Morgan fingerprint density at radius 3 is 1.48 bits per heavy atom. The van der Waals surface area contributed by atoms with Crippen molar-refractivity contribution in [1.29, 1.82) is 0 Å². The highest BCUT2D eigenvalue weighted by Crippen LogP contribution is 2.08. The number of nitrogens with zero attached hydrogens (tertiary/aromatic N) is 1. The van der Waals surface area contributed by atoms with E-state index in [0.29, 0.717) is 19.7 Å². The molecule has 0 aromatic rings. The number of rotatable bonds is 18. The van der Waals surface area contributed by atoms with E-state index >= 15 is 0 Å². The first kappa shape index (κ1) is 25.9. The van der Waals surface area contributed by atoms with Crippen molar-refractivity contribution >= 4 is 11.9 Å². The van der Waals surface area contributed by atoms with E-state index < -0.39 is 11.9 Å². The van der Waals surface area contributed by atoms with Gasteiger partial charge in [0, 0.05) is 13.1 Å². The largest absolute Gasteiger partial charge is 0.459 e. The minimum Gasteiger partial charge on any atom is -0.459 e. The first-order valence-electron chi connectivity index (χ1n) is 11.6. The lowest BCUT2D eigenvalue weighted by Crippen LogP contribution is -2.39. The molecule has 0 aromatic heterocycles. The van der Waals surface area contributed by atoms with Crippen LogP contribution < -0.4 is 0 Å². The van der Waals surface area contributed by atoms with Crippen LogP contribution in [0.1, 0.15) is 117 Å². The first-order chi connectivity index (χ1) is 13.2. The summed E-state index contributed by atoms with van der Waals surface area (Å²) in [6, 6.07) is 0. The van der Waals surface area contributed by atoms with Gasteiger partial charge in [0.1, 0.15) is 0 Å². The van der Waals surface area contributed by atoms with Crippen LogP contribution in [-0.4, -0.2) is 36.5 Å². The molecule has 4 nitrogen and oxygen atoms in total. The maximum atomic E-state index is 12.5. The molecule has 1 amide bonds. The molecule has 4 heteroatoms. The van der Waals surface area contributed by atoms with Crippen molar-refractivity contribution in [3.63, 3.8) is 0 Å². The monoisotopic (exact) mass is 383 g/mol. The highest BCUT2D eigenvalue weighted by atomic mass is 16.5. The van der Waals surface area contributed by atoms with Crippen molar-refractivity contribution in [2.24, 2.45) is 0 Å². The van der Waals surface area contributed by atoms with Gasteiger partial charge in [0.25, 0.3) is 0 Å². The Balaban J connectivity index is 4.09. The fraction of sp³-hybridized carbons (Fsp3) is 0.913. The summed E-state index contributed by atoms with van der Waals surface area (Å²) in [4.78, 5) is 26.3. The van der Waals surface area contributed by atoms with E-state index in [9.17, 15) is 9.59 Å². The van der Waals surface area contributed by atoms with Gasteiger partial charge in [0.05, 0.1) is 6.61 Å². The maximum absolute atomic E-state index is 12.5. The van der Waals surface area contributed by atoms with Crippen LogP contribution >= 0.6 is 0 Å². The molecule has 0 spiro atoms. The fourth-order valence-electron chi connectivity index (χ4n) is 3.19. The van der Waals surface area contributed by atoms with E-state index in [4.69, 9.17) is 4.74 Å². The average molecular weight is 384 g/mol. The van der Waals surface area contributed by atoms with Gasteiger partial charge in [-0.05, 0) is 19.3 Å². The number of carbonyl (C=O) groups excluding carboxylic acids is 2. The van der Waals surface area contributed by atoms with Gasteiger partial charge in [-0.1, -0.05) is 97.8 Å². The summed E-state index contributed by atoms with van der Waals surface area (Å²) in [5.74, 6) is -1.10. The summed E-state index contributed by atoms with van der Waals surface area (Å²) < 4.78 is 5.24. The van der Waals surface area contributed by atoms with Crippen LogP contribution in [0.15, 0.2) is 0 Å². The van der Waals surface area contributed by atoms with E-state index in [1.807, 2.05) is 0 Å². The lowest BCUT2D eigenvalue weighted by Gasteiger charge is -2.21. The molecular weight excluding hydrogens is 338 g/mol. The zero-order valence-electron chi connectivity index (χ0n) is 18.4. The quantitative estimate of drug-likeness (QED) is 0.159. The summed E-state index contributed by atoms with van der Waals surface area (Å²) in [5.41, 5.74) is 0. The molecule has 0 aliphatic carbocycles. The molecule has 27 heavy (non-hydrogen) atoms. The third-order valence-corrected chi connectivity index (χ3v) is 5.01. The molecule has 0 heterocycles. The van der Waals surface area contributed by atoms with Gasteiger partial charge in [-0.15, -0.1) is 0 Å². The second-order valence-electron chi connectivity index (χ2n) is 7.67. The van der Waals surface area contributed by atoms with Gasteiger partial charge in [-0.3, -0.25) is 4.79 Å². The van der Waals surface area contributed by atoms with E-state index in [-0.39, 0.29) is 0 Å². The van der Waals surface area contributed by atoms with Gasteiger partial charge in [-0.25, -0.2) is 4.79 Å². The van der Waals surface area contributed by atoms with Gasteiger partial charge in [-0.2, -0.15) is 0 Å². The Hall–Kier alpha value is -1.06. The third kappa shape index (κ3) is 15.7. The second-order valence-corrected chi connectivity index (χ2v) is 7.67. The molecular formula is C23H45NO3. The van der Waals surface area contributed by atoms with Crippen LogP contribution in [-0.2, 0) is 14.3 Å². The van der Waals surface area contributed by atoms with Crippen LogP contribution in [0.3, 0.4) is 0 Å². The van der Waals surface area contributed by atoms with Crippen LogP contribution in [0.25, 0.3) is 0 Å². The highest BCUT2D eigenvalue weighted by Gasteiger charge is 2.22. The second kappa shape index (κ2) is 19.7. The van der Waals surface area contributed by atoms with E-state index in [2.05, 4.69) is 20.8 Å². The molecule has 160 valence electrons. The van der Waals surface area contributed by atoms with Gasteiger partial charge in [0.2, 0.25) is 0 Å². The standard InChI is InChI=1S/C23H45NO3/c1-4-7-10-13-14-15-18-21-27-23(26)22(25)24(19-16-11-8-5-2)20-17-12-9-6-3/h4-21H2,1-3H3. The van der Waals surface area contributed by atoms with Crippen LogP contribution in [0.2, 0.25) is 0 Å². The van der Waals surface area contributed by atoms with Crippen molar-refractivity contribution in [3.05, 3.63) is 0 Å². The molecule has 0 aromatic carbocycles. The molecule has 0 unspecified atom stereocenters. The predicted molar refractivity (Wildman–Crippen MR) is 114 cm³/mol. The molecule has 0 saturated heterocycles. The van der Waals surface area contributed by atoms with Crippen LogP contribution in [0.4, 0.5) is 0 Å². The number of unbranched alkanes of at least 4 members (excludes halogenated alkanes) is 12. The van der Waals surface area contributed by atoms with Crippen molar-refractivity contribution in [1.82, 2.24) is 4.90 Å². The van der Waals surface area contributed by atoms with Crippen molar-refractivity contribution in [3.8, 4) is 0 Å². The first-order valence-corrected chi connectivity index (χ1v) is 11.6. The summed E-state index contributed by atoms with van der Waals surface area (Å²) in [6.45, 7) is 8.30. The van der Waals surface area contributed by atoms with E-state index in [1.165, 1.54) is 57.8 Å². The summed E-state index contributed by atoms with van der Waals surface area (Å²) in [5, 5.41) is 0. The summed E-state index contributed by atoms with van der Waals surface area (Å²) in [7, 11) is 0. The smallest absolute Gasteiger partial charge is 0.397 e. The van der Waals surface area contributed by atoms with Gasteiger partial charge < -0.3 is 9.64 Å². The minimum absolute atomic E-state index is 0.373. The Kier molecular flexibility index (Phi) is 18.9. The Labute approximate surface area is 168 Å². The minimum atomic E-state index is -0.660.